The van der Waals surface area contributed by atoms with E-state index < -0.39 is 116 Å². The number of aliphatic hydroxyl groups is 1. The number of unbranched alkanes of at least 4 members (excludes halogenated alkanes) is 4. The second-order valence-electron chi connectivity index (χ2n) is 14.4. The number of hydrogen-bond acceptors (Lipinski definition) is 4. The summed E-state index contributed by atoms with van der Waals surface area (Å²) in [6.07, 6.45) is -16.3. The van der Waals surface area contributed by atoms with Crippen LogP contribution in [0.1, 0.15) is 165 Å². The normalized spacial score (nSPS) is 22.4. The maximum Gasteiger partial charge on any atom is 0.191 e. The molecule has 0 amide bonds. The Balaban J connectivity index is 0.00000125. The van der Waals surface area contributed by atoms with E-state index in [1.165, 1.54) is 0 Å². The van der Waals surface area contributed by atoms with Crippen molar-refractivity contribution < 1.29 is 54.3 Å². The summed E-state index contributed by atoms with van der Waals surface area (Å²) in [5.74, 6) is 0. The molecular weight excluding hydrogens is 729 g/mol. The number of rotatable bonds is 24. The molecular formula is C44H81BrO4Si2. The molecule has 0 saturated heterocycles. The van der Waals surface area contributed by atoms with Crippen LogP contribution in [0.3, 0.4) is 0 Å². The van der Waals surface area contributed by atoms with Crippen molar-refractivity contribution in [1.29, 1.82) is 0 Å². The van der Waals surface area contributed by atoms with Gasteiger partial charge >= 0.3 is 0 Å². The Bertz CT molecular complexity index is 2160. The molecule has 0 aromatic heterocycles. The van der Waals surface area contributed by atoms with Gasteiger partial charge in [0.25, 0.3) is 0 Å². The minimum atomic E-state index is -3.69. The summed E-state index contributed by atoms with van der Waals surface area (Å²) in [5, 5.41) is 10.1. The summed E-state index contributed by atoms with van der Waals surface area (Å²) < 4.78 is 220. The van der Waals surface area contributed by atoms with Crippen molar-refractivity contribution in [3.8, 4) is 0 Å². The van der Waals surface area contributed by atoms with Gasteiger partial charge in [0.1, 0.15) is 0 Å². The van der Waals surface area contributed by atoms with Crippen molar-refractivity contribution >= 4 is 32.6 Å². The van der Waals surface area contributed by atoms with Gasteiger partial charge in [0.2, 0.25) is 0 Å². The van der Waals surface area contributed by atoms with Gasteiger partial charge in [-0.3, -0.25) is 0 Å². The Kier molecular flexibility index (Phi) is 12.4. The van der Waals surface area contributed by atoms with Gasteiger partial charge in [-0.05, 0) is 111 Å². The monoisotopic (exact) mass is 835 g/mol. The highest BCUT2D eigenvalue weighted by Crippen LogP contribution is 2.37. The lowest BCUT2D eigenvalue weighted by atomic mass is 10.1. The Morgan fingerprint density at radius 3 is 1.43 bits per heavy atom. The molecule has 7 heteroatoms. The summed E-state index contributed by atoms with van der Waals surface area (Å²) >= 11 is 3.39. The third-order valence-electron chi connectivity index (χ3n) is 8.08. The number of hydrogen-bond donors (Lipinski definition) is 1. The van der Waals surface area contributed by atoms with Crippen LogP contribution in [0.15, 0.2) is 60.5 Å². The number of ether oxygens (including phenoxy) is 1. The molecule has 0 unspecified atom stereocenters. The fraction of sp³-hybridized carbons (Fsp3) is 0.727. The van der Waals surface area contributed by atoms with Crippen molar-refractivity contribution in [2.75, 3.05) is 38.2 Å². The first-order valence-electron chi connectivity index (χ1n) is 30.3. The Labute approximate surface area is 364 Å². The van der Waals surface area contributed by atoms with Crippen LogP contribution in [-0.2, 0) is 26.3 Å². The first-order valence-corrected chi connectivity index (χ1v) is 24.3. The summed E-state index contributed by atoms with van der Waals surface area (Å²) in [4.78, 5) is 0. The number of halogens is 1. The summed E-state index contributed by atoms with van der Waals surface area (Å²) in [6.45, 7) is 9.98. The highest BCUT2D eigenvalue weighted by Gasteiger charge is 2.37. The van der Waals surface area contributed by atoms with Gasteiger partial charge in [-0.15, -0.1) is 0 Å². The highest BCUT2D eigenvalue weighted by molar-refractivity contribution is 9.09. The van der Waals surface area contributed by atoms with Gasteiger partial charge in [-0.2, -0.15) is 0 Å². The van der Waals surface area contributed by atoms with E-state index in [1.807, 2.05) is 33.9 Å². The molecule has 1 N–H and O–H groups in total. The van der Waals surface area contributed by atoms with E-state index in [4.69, 9.17) is 49.2 Å². The predicted octanol–water partition coefficient (Wildman–Crippen LogP) is 13.6. The minimum Gasteiger partial charge on any atom is -0.417 e. The van der Waals surface area contributed by atoms with Gasteiger partial charge in [0.15, 0.2) is 16.6 Å². The standard InChI is InChI=1S/C22H40O2Si.C12H27BrOSi.C10H14O/c1-22(2,3)25(4,5)24-20-13-7-6-12-18-23-19-14-11-17-21-15-9-8-10-16-21;1-12(2,3)15(4,5)14-11-9-7-6-8-10-13;11-9-5-4-8-10-6-2-1-3-7-10/h8-10,15-16H,6-7,11-14,17-20H2,1-5H3;6-11H2,1-5H3;1-3,6-7,11H,4-5,8-9H2/i8D,11D2,14D2,15D,16D,17D2,19D2,20D2;11D2;1D,4D2,5D2,6D,7D,8D2,9D2. The largest absolute Gasteiger partial charge is 0.417 e. The Morgan fingerprint density at radius 1 is 0.608 bits per heavy atom. The molecule has 51 heavy (non-hydrogen) atoms. The first kappa shape index (κ1) is 21.5. The molecule has 0 bridgehead atoms. The van der Waals surface area contributed by atoms with E-state index in [1.54, 1.807) is 0 Å². The SMILES string of the molecule is [2H]C([2H])(CCCCCBr)O[Si](C)(C)C(C)(C)C.[2H]c1cc([2H])c(C([2H])([2H])C([2H])([2H])C([2H])([2H])C([2H])([2H])O)c([2H])c1.[2H]c1cc([2H])c(C([2H])([2H])C([2H])([2H])C([2H])([2H])C([2H])([2H])OCCCCCC([2H])([2H])O[Si](C)(C)C(C)(C)C)c([2H])c1. The van der Waals surface area contributed by atoms with Crippen molar-refractivity contribution in [2.24, 2.45) is 0 Å². The van der Waals surface area contributed by atoms with E-state index >= 15 is 0 Å². The van der Waals surface area contributed by atoms with Crippen LogP contribution < -0.4 is 0 Å². The molecule has 0 radical (unpaired) electrons. The third-order valence-corrected chi connectivity index (χ3v) is 17.2. The summed E-state index contributed by atoms with van der Waals surface area (Å²) in [5.41, 5.74) is -1.60. The van der Waals surface area contributed by atoms with E-state index in [2.05, 4.69) is 49.8 Å². The Morgan fingerprint density at radius 2 is 1.02 bits per heavy atom. The molecule has 2 aromatic carbocycles. The molecule has 0 aliphatic rings. The second-order valence-corrected chi connectivity index (χ2v) is 24.6. The highest BCUT2D eigenvalue weighted by atomic mass is 79.9. The summed E-state index contributed by atoms with van der Waals surface area (Å²) in [6, 6.07) is 0.328. The van der Waals surface area contributed by atoms with Crippen LogP contribution in [0.25, 0.3) is 0 Å². The van der Waals surface area contributed by atoms with Crippen LogP contribution in [-0.4, -0.2) is 59.9 Å². The van der Waals surface area contributed by atoms with Crippen LogP contribution >= 0.6 is 15.9 Å². The smallest absolute Gasteiger partial charge is 0.191 e. The maximum atomic E-state index is 9.20. The molecule has 0 atom stereocenters. The Hall–Kier alpha value is -0.806. The van der Waals surface area contributed by atoms with Gasteiger partial charge in [-0.1, -0.05) is 144 Å². The quantitative estimate of drug-likeness (QED) is 0.0650. The molecule has 0 aliphatic heterocycles. The lowest BCUT2D eigenvalue weighted by molar-refractivity contribution is 0.126. The van der Waals surface area contributed by atoms with Crippen LogP contribution in [0.5, 0.6) is 0 Å². The van der Waals surface area contributed by atoms with Crippen LogP contribution in [0.2, 0.25) is 36.3 Å². The van der Waals surface area contributed by atoms with Crippen LogP contribution in [0.4, 0.5) is 0 Å². The molecule has 4 nitrogen and oxygen atoms in total. The van der Waals surface area contributed by atoms with E-state index in [9.17, 15) is 5.11 Å². The lowest BCUT2D eigenvalue weighted by Gasteiger charge is -2.36. The molecule has 2 rings (SSSR count). The number of benzene rings is 2. The first-order chi connectivity index (χ1) is 33.8. The van der Waals surface area contributed by atoms with Crippen LogP contribution in [0, 0.1) is 0 Å². The second kappa shape index (κ2) is 29.5. The lowest BCUT2D eigenvalue weighted by Crippen LogP contribution is -2.40. The topological polar surface area (TPSA) is 47.9 Å². The minimum absolute atomic E-state index is 0.0657. The van der Waals surface area contributed by atoms with Crippen molar-refractivity contribution in [3.63, 3.8) is 0 Å². The fourth-order valence-corrected chi connectivity index (χ4v) is 4.81. The molecule has 0 aliphatic carbocycles. The van der Waals surface area contributed by atoms with Gasteiger partial charge in [0.05, 0.1) is 19.2 Å². The predicted molar refractivity (Wildman–Crippen MR) is 234 cm³/mol. The fourth-order valence-electron chi connectivity index (χ4n) is 2.88. The molecule has 296 valence electrons. The molecule has 0 saturated carbocycles. The average Bonchev–Trinajstić information content (AvgIpc) is 3.18. The van der Waals surface area contributed by atoms with Crippen molar-refractivity contribution in [3.05, 3.63) is 71.6 Å². The molecule has 0 spiro atoms. The van der Waals surface area contributed by atoms with Gasteiger partial charge in [0, 0.05) is 54.6 Å². The van der Waals surface area contributed by atoms with E-state index in [0.29, 0.717) is 19.3 Å². The average molecular weight is 836 g/mol. The van der Waals surface area contributed by atoms with E-state index in [-0.39, 0.29) is 41.6 Å². The zero-order valence-electron chi connectivity index (χ0n) is 58.4. The molecule has 2 aromatic rings. The molecule has 0 fully saturated rings. The van der Waals surface area contributed by atoms with Crippen molar-refractivity contribution in [1.82, 2.24) is 0 Å². The summed E-state index contributed by atoms with van der Waals surface area (Å²) in [7, 11) is -4.31. The van der Waals surface area contributed by atoms with E-state index in [0.717, 1.165) is 48.9 Å². The van der Waals surface area contributed by atoms with Crippen molar-refractivity contribution in [2.45, 2.75) is 167 Å². The van der Waals surface area contributed by atoms with Gasteiger partial charge < -0.3 is 18.7 Å². The molecule has 0 heterocycles. The maximum absolute atomic E-state index is 9.20. The zero-order chi connectivity index (χ0) is 61.6. The zero-order valence-corrected chi connectivity index (χ0v) is 36.0. The number of alkyl halides is 1. The third kappa shape index (κ3) is 27.4. The van der Waals surface area contributed by atoms with Gasteiger partial charge in [-0.25, -0.2) is 0 Å².